The third-order valence-corrected chi connectivity index (χ3v) is 3.15. The second-order valence-corrected chi connectivity index (χ2v) is 4.57. The molecule has 1 atom stereocenters. The Labute approximate surface area is 115 Å². The Bertz CT molecular complexity index is 569. The van der Waals surface area contributed by atoms with Gasteiger partial charge in [-0.05, 0) is 24.1 Å². The molecule has 1 aliphatic heterocycles. The molecule has 100 valence electrons. The highest BCUT2D eigenvalue weighted by atomic mass is 35.5. The zero-order valence-corrected chi connectivity index (χ0v) is 11.0. The number of hydrogen-bond donors (Lipinski definition) is 3. The number of amides is 2. The van der Waals surface area contributed by atoms with Gasteiger partial charge in [0.15, 0.2) is 0 Å². The summed E-state index contributed by atoms with van der Waals surface area (Å²) in [6.45, 7) is 1.79. The molecule has 0 aliphatic carbocycles. The molecule has 2 rings (SSSR count). The predicted molar refractivity (Wildman–Crippen MR) is 70.8 cm³/mol. The molecule has 1 heterocycles. The molecule has 5 nitrogen and oxygen atoms in total. The Hall–Kier alpha value is -2.01. The van der Waals surface area contributed by atoms with Gasteiger partial charge in [-0.25, -0.2) is 9.59 Å². The van der Waals surface area contributed by atoms with Gasteiger partial charge < -0.3 is 15.7 Å². The van der Waals surface area contributed by atoms with Crippen LogP contribution in [0.5, 0.6) is 0 Å². The molecule has 1 aromatic rings. The van der Waals surface area contributed by atoms with Crippen LogP contribution in [-0.4, -0.2) is 17.1 Å². The SMILES string of the molecule is CCC1=C(C(=O)O)C(c2cccc(Cl)c2)NC(=O)N1. The van der Waals surface area contributed by atoms with Crippen LogP contribution in [0.2, 0.25) is 5.02 Å². The lowest BCUT2D eigenvalue weighted by Crippen LogP contribution is -2.45. The van der Waals surface area contributed by atoms with Crippen LogP contribution in [0.4, 0.5) is 4.79 Å². The van der Waals surface area contributed by atoms with E-state index in [1.807, 2.05) is 0 Å². The van der Waals surface area contributed by atoms with Crippen molar-refractivity contribution in [2.45, 2.75) is 19.4 Å². The van der Waals surface area contributed by atoms with E-state index in [2.05, 4.69) is 10.6 Å². The number of carboxylic acids is 1. The van der Waals surface area contributed by atoms with Gasteiger partial charge in [0, 0.05) is 10.7 Å². The Morgan fingerprint density at radius 1 is 1.47 bits per heavy atom. The minimum Gasteiger partial charge on any atom is -0.478 e. The van der Waals surface area contributed by atoms with Crippen molar-refractivity contribution in [2.75, 3.05) is 0 Å². The summed E-state index contributed by atoms with van der Waals surface area (Å²) in [6.07, 6.45) is 0.437. The van der Waals surface area contributed by atoms with Crippen molar-refractivity contribution in [1.29, 1.82) is 0 Å². The van der Waals surface area contributed by atoms with Crippen molar-refractivity contribution in [2.24, 2.45) is 0 Å². The van der Waals surface area contributed by atoms with Crippen molar-refractivity contribution in [3.05, 3.63) is 46.1 Å². The second-order valence-electron chi connectivity index (χ2n) is 4.14. The summed E-state index contributed by atoms with van der Waals surface area (Å²) >= 11 is 5.91. The number of rotatable bonds is 3. The number of hydrogen-bond acceptors (Lipinski definition) is 2. The van der Waals surface area contributed by atoms with Gasteiger partial charge >= 0.3 is 12.0 Å². The van der Waals surface area contributed by atoms with Gasteiger partial charge in [-0.15, -0.1) is 0 Å². The van der Waals surface area contributed by atoms with Crippen LogP contribution in [0, 0.1) is 0 Å². The average Bonchev–Trinajstić information content (AvgIpc) is 2.37. The minimum absolute atomic E-state index is 0.143. The van der Waals surface area contributed by atoms with Crippen LogP contribution in [0.1, 0.15) is 24.9 Å². The lowest BCUT2D eigenvalue weighted by Gasteiger charge is -2.28. The van der Waals surface area contributed by atoms with E-state index in [4.69, 9.17) is 11.6 Å². The lowest BCUT2D eigenvalue weighted by atomic mass is 9.94. The van der Waals surface area contributed by atoms with Crippen LogP contribution in [0.25, 0.3) is 0 Å². The number of urea groups is 1. The molecule has 0 fully saturated rings. The maximum atomic E-state index is 11.6. The van der Waals surface area contributed by atoms with Gasteiger partial charge in [-0.1, -0.05) is 30.7 Å². The fourth-order valence-electron chi connectivity index (χ4n) is 2.09. The zero-order chi connectivity index (χ0) is 14.0. The smallest absolute Gasteiger partial charge is 0.335 e. The normalized spacial score (nSPS) is 18.8. The maximum Gasteiger partial charge on any atom is 0.335 e. The molecule has 1 aliphatic rings. The Kier molecular flexibility index (Phi) is 3.76. The van der Waals surface area contributed by atoms with E-state index in [0.717, 1.165) is 0 Å². The van der Waals surface area contributed by atoms with Gasteiger partial charge in [-0.2, -0.15) is 0 Å². The van der Waals surface area contributed by atoms with Gasteiger partial charge in [0.05, 0.1) is 11.6 Å². The molecule has 0 saturated carbocycles. The first kappa shape index (κ1) is 13.4. The first-order valence-corrected chi connectivity index (χ1v) is 6.20. The Morgan fingerprint density at radius 3 is 2.79 bits per heavy atom. The molecule has 1 aromatic carbocycles. The first-order chi connectivity index (χ1) is 9.02. The Morgan fingerprint density at radius 2 is 2.21 bits per heavy atom. The summed E-state index contributed by atoms with van der Waals surface area (Å²) in [5.41, 5.74) is 1.20. The zero-order valence-electron chi connectivity index (χ0n) is 10.2. The van der Waals surface area contributed by atoms with Crippen LogP contribution < -0.4 is 10.6 Å². The number of aliphatic carboxylic acids is 1. The van der Waals surface area contributed by atoms with Crippen LogP contribution in [-0.2, 0) is 4.79 Å². The fourth-order valence-corrected chi connectivity index (χ4v) is 2.28. The van der Waals surface area contributed by atoms with Crippen LogP contribution >= 0.6 is 11.6 Å². The number of halogens is 1. The van der Waals surface area contributed by atoms with Gasteiger partial charge in [0.1, 0.15) is 0 Å². The molecule has 6 heteroatoms. The lowest BCUT2D eigenvalue weighted by molar-refractivity contribution is -0.133. The van der Waals surface area contributed by atoms with Crippen molar-refractivity contribution < 1.29 is 14.7 Å². The third kappa shape index (κ3) is 2.71. The van der Waals surface area contributed by atoms with Crippen molar-refractivity contribution in [1.82, 2.24) is 10.6 Å². The van der Waals surface area contributed by atoms with E-state index in [-0.39, 0.29) is 5.57 Å². The summed E-state index contributed by atoms with van der Waals surface area (Å²) in [5.74, 6) is -1.06. The number of allylic oxidation sites excluding steroid dienone is 1. The fraction of sp³-hybridized carbons (Fsp3) is 0.231. The Balaban J connectivity index is 2.52. The molecule has 2 amide bonds. The summed E-state index contributed by atoms with van der Waals surface area (Å²) in [5, 5.41) is 15.0. The molecule has 1 unspecified atom stereocenters. The minimum atomic E-state index is -1.06. The van der Waals surface area contributed by atoms with E-state index in [1.165, 1.54) is 0 Å². The van der Waals surface area contributed by atoms with Crippen LogP contribution in [0.3, 0.4) is 0 Å². The van der Waals surface area contributed by atoms with E-state index in [1.54, 1.807) is 31.2 Å². The average molecular weight is 281 g/mol. The molecule has 0 saturated heterocycles. The summed E-state index contributed by atoms with van der Waals surface area (Å²) in [6, 6.07) is 5.69. The van der Waals surface area contributed by atoms with Gasteiger partial charge in [0.25, 0.3) is 0 Å². The van der Waals surface area contributed by atoms with E-state index >= 15 is 0 Å². The summed E-state index contributed by atoms with van der Waals surface area (Å²) < 4.78 is 0. The van der Waals surface area contributed by atoms with E-state index in [0.29, 0.717) is 22.7 Å². The van der Waals surface area contributed by atoms with Gasteiger partial charge in [-0.3, -0.25) is 0 Å². The quantitative estimate of drug-likeness (QED) is 0.796. The van der Waals surface area contributed by atoms with E-state index < -0.39 is 18.0 Å². The molecule has 19 heavy (non-hydrogen) atoms. The number of nitrogens with one attached hydrogen (secondary N) is 2. The highest BCUT2D eigenvalue weighted by molar-refractivity contribution is 6.30. The number of carbonyl (C=O) groups is 2. The monoisotopic (exact) mass is 280 g/mol. The molecule has 0 spiro atoms. The third-order valence-electron chi connectivity index (χ3n) is 2.92. The second kappa shape index (κ2) is 5.32. The van der Waals surface area contributed by atoms with Crippen molar-refractivity contribution in [3.8, 4) is 0 Å². The molecular formula is C13H13ClN2O3. The largest absolute Gasteiger partial charge is 0.478 e. The van der Waals surface area contributed by atoms with E-state index in [9.17, 15) is 14.7 Å². The topological polar surface area (TPSA) is 78.4 Å². The molecule has 0 aromatic heterocycles. The highest BCUT2D eigenvalue weighted by Gasteiger charge is 2.31. The summed E-state index contributed by atoms with van der Waals surface area (Å²) in [4.78, 5) is 23.0. The van der Waals surface area contributed by atoms with Crippen molar-refractivity contribution >= 4 is 23.6 Å². The maximum absolute atomic E-state index is 11.6. The highest BCUT2D eigenvalue weighted by Crippen LogP contribution is 2.29. The number of benzene rings is 1. The van der Waals surface area contributed by atoms with Crippen LogP contribution in [0.15, 0.2) is 35.5 Å². The summed E-state index contributed by atoms with van der Waals surface area (Å²) in [7, 11) is 0. The molecular weight excluding hydrogens is 268 g/mol. The number of carbonyl (C=O) groups excluding carboxylic acids is 1. The molecule has 0 bridgehead atoms. The molecule has 0 radical (unpaired) electrons. The first-order valence-electron chi connectivity index (χ1n) is 5.82. The van der Waals surface area contributed by atoms with Crippen molar-refractivity contribution in [3.63, 3.8) is 0 Å². The standard InChI is InChI=1S/C13H13ClN2O3/c1-2-9-10(12(17)18)11(16-13(19)15-9)7-4-3-5-8(14)6-7/h3-6,11H,2H2,1H3,(H,17,18)(H2,15,16,19). The molecule has 3 N–H and O–H groups in total. The number of carboxylic acid groups (broad SMARTS) is 1. The predicted octanol–water partition coefficient (Wildman–Crippen LogP) is 2.44. The van der Waals surface area contributed by atoms with Gasteiger partial charge in [0.2, 0.25) is 0 Å².